The number of para-hydroxylation sites is 1. The summed E-state index contributed by atoms with van der Waals surface area (Å²) in [7, 11) is -4.33. The van der Waals surface area contributed by atoms with E-state index in [2.05, 4.69) is 5.32 Å². The van der Waals surface area contributed by atoms with Crippen molar-refractivity contribution in [1.29, 1.82) is 0 Å². The molecule has 0 radical (unpaired) electrons. The second-order valence-corrected chi connectivity index (χ2v) is 7.94. The Labute approximate surface area is 155 Å². The van der Waals surface area contributed by atoms with Gasteiger partial charge in [0.1, 0.15) is 0 Å². The SMILES string of the molecule is Cc1ccc(S(=O)(=O)Nc2ccccc2C(F)(F)F)cc1C(=O)NC(C)C. The number of nitrogens with one attached hydrogen (secondary N) is 2. The normalized spacial score (nSPS) is 12.1. The summed E-state index contributed by atoms with van der Waals surface area (Å²) in [6, 6.07) is 7.93. The van der Waals surface area contributed by atoms with Crippen LogP contribution in [0.3, 0.4) is 0 Å². The van der Waals surface area contributed by atoms with E-state index in [1.807, 2.05) is 4.72 Å². The molecule has 9 heteroatoms. The number of rotatable bonds is 5. The molecule has 0 aliphatic heterocycles. The fourth-order valence-corrected chi connectivity index (χ4v) is 3.48. The van der Waals surface area contributed by atoms with E-state index in [4.69, 9.17) is 0 Å². The highest BCUT2D eigenvalue weighted by Gasteiger charge is 2.34. The topological polar surface area (TPSA) is 75.3 Å². The fraction of sp³-hybridized carbons (Fsp3) is 0.278. The van der Waals surface area contributed by atoms with Gasteiger partial charge in [-0.15, -0.1) is 0 Å². The van der Waals surface area contributed by atoms with Crippen molar-refractivity contribution >= 4 is 21.6 Å². The van der Waals surface area contributed by atoms with Gasteiger partial charge in [0.05, 0.1) is 16.1 Å². The molecule has 0 spiro atoms. The van der Waals surface area contributed by atoms with Crippen LogP contribution in [0.15, 0.2) is 47.4 Å². The van der Waals surface area contributed by atoms with Crippen molar-refractivity contribution in [2.24, 2.45) is 0 Å². The van der Waals surface area contributed by atoms with E-state index < -0.39 is 33.4 Å². The standard InChI is InChI=1S/C18H19F3N2O3S/c1-11(2)22-17(24)14-10-13(9-8-12(14)3)27(25,26)23-16-7-5-4-6-15(16)18(19,20)21/h4-11,23H,1-3H3,(H,22,24). The van der Waals surface area contributed by atoms with E-state index in [1.54, 1.807) is 20.8 Å². The highest BCUT2D eigenvalue weighted by Crippen LogP contribution is 2.35. The monoisotopic (exact) mass is 400 g/mol. The van der Waals surface area contributed by atoms with Crippen molar-refractivity contribution < 1.29 is 26.4 Å². The number of benzene rings is 2. The van der Waals surface area contributed by atoms with Crippen molar-refractivity contribution in [3.05, 3.63) is 59.2 Å². The first-order valence-electron chi connectivity index (χ1n) is 8.02. The van der Waals surface area contributed by atoms with E-state index in [9.17, 15) is 26.4 Å². The molecule has 2 aromatic carbocycles. The molecule has 2 N–H and O–H groups in total. The molecule has 146 valence electrons. The van der Waals surface area contributed by atoms with Crippen LogP contribution in [0.5, 0.6) is 0 Å². The third-order valence-electron chi connectivity index (χ3n) is 3.66. The van der Waals surface area contributed by atoms with Gasteiger partial charge in [-0.3, -0.25) is 9.52 Å². The second kappa shape index (κ2) is 7.59. The maximum Gasteiger partial charge on any atom is 0.418 e. The van der Waals surface area contributed by atoms with Crippen LogP contribution >= 0.6 is 0 Å². The van der Waals surface area contributed by atoms with Crippen molar-refractivity contribution in [3.8, 4) is 0 Å². The van der Waals surface area contributed by atoms with E-state index in [-0.39, 0.29) is 16.5 Å². The van der Waals surface area contributed by atoms with Gasteiger partial charge in [0, 0.05) is 11.6 Å². The van der Waals surface area contributed by atoms with Gasteiger partial charge in [-0.25, -0.2) is 8.42 Å². The molecule has 5 nitrogen and oxygen atoms in total. The van der Waals surface area contributed by atoms with Gasteiger partial charge in [-0.2, -0.15) is 13.2 Å². The molecule has 2 aromatic rings. The van der Waals surface area contributed by atoms with Gasteiger partial charge < -0.3 is 5.32 Å². The minimum Gasteiger partial charge on any atom is -0.350 e. The zero-order valence-corrected chi connectivity index (χ0v) is 15.7. The zero-order valence-electron chi connectivity index (χ0n) is 14.9. The predicted molar refractivity (Wildman–Crippen MR) is 96.0 cm³/mol. The molecular weight excluding hydrogens is 381 g/mol. The van der Waals surface area contributed by atoms with Gasteiger partial charge in [-0.1, -0.05) is 18.2 Å². The Morgan fingerprint density at radius 1 is 1.07 bits per heavy atom. The van der Waals surface area contributed by atoms with Crippen LogP contribution in [0.1, 0.15) is 35.3 Å². The Morgan fingerprint density at radius 3 is 2.30 bits per heavy atom. The number of anilines is 1. The molecule has 0 heterocycles. The van der Waals surface area contributed by atoms with Crippen molar-refractivity contribution in [3.63, 3.8) is 0 Å². The number of aryl methyl sites for hydroxylation is 1. The lowest BCUT2D eigenvalue weighted by atomic mass is 10.1. The van der Waals surface area contributed by atoms with Crippen LogP contribution in [0.25, 0.3) is 0 Å². The summed E-state index contributed by atoms with van der Waals surface area (Å²) in [6.07, 6.45) is -4.71. The first-order chi connectivity index (χ1) is 12.4. The molecule has 0 aliphatic carbocycles. The number of hydrogen-bond acceptors (Lipinski definition) is 3. The largest absolute Gasteiger partial charge is 0.418 e. The molecule has 0 aliphatic rings. The first-order valence-corrected chi connectivity index (χ1v) is 9.50. The Balaban J connectivity index is 2.43. The maximum absolute atomic E-state index is 13.1. The average Bonchev–Trinajstić information content (AvgIpc) is 2.53. The number of carbonyl (C=O) groups is 1. The van der Waals surface area contributed by atoms with E-state index >= 15 is 0 Å². The molecule has 2 rings (SSSR count). The summed E-state index contributed by atoms with van der Waals surface area (Å²) >= 11 is 0. The molecule has 0 aromatic heterocycles. The Bertz CT molecular complexity index is 955. The van der Waals surface area contributed by atoms with Gasteiger partial charge in [0.15, 0.2) is 0 Å². The minimum atomic E-state index is -4.71. The van der Waals surface area contributed by atoms with Crippen LogP contribution < -0.4 is 10.0 Å². The number of hydrogen-bond donors (Lipinski definition) is 2. The summed E-state index contributed by atoms with van der Waals surface area (Å²) in [6.45, 7) is 5.14. The Morgan fingerprint density at radius 2 is 1.70 bits per heavy atom. The lowest BCUT2D eigenvalue weighted by Gasteiger charge is -2.16. The van der Waals surface area contributed by atoms with Gasteiger partial charge in [0.2, 0.25) is 0 Å². The third-order valence-corrected chi connectivity index (χ3v) is 5.02. The van der Waals surface area contributed by atoms with Crippen molar-refractivity contribution in [1.82, 2.24) is 5.32 Å². The lowest BCUT2D eigenvalue weighted by molar-refractivity contribution is -0.136. The van der Waals surface area contributed by atoms with Gasteiger partial charge in [0.25, 0.3) is 15.9 Å². The smallest absolute Gasteiger partial charge is 0.350 e. The number of sulfonamides is 1. The lowest BCUT2D eigenvalue weighted by Crippen LogP contribution is -2.30. The third kappa shape index (κ3) is 5.00. The number of halogens is 3. The predicted octanol–water partition coefficient (Wildman–Crippen LogP) is 3.95. The van der Waals surface area contributed by atoms with Crippen LogP contribution in [0.4, 0.5) is 18.9 Å². The fourth-order valence-electron chi connectivity index (χ4n) is 2.38. The van der Waals surface area contributed by atoms with Gasteiger partial charge >= 0.3 is 6.18 Å². The van der Waals surface area contributed by atoms with E-state index in [1.165, 1.54) is 24.3 Å². The highest BCUT2D eigenvalue weighted by molar-refractivity contribution is 7.92. The molecule has 1 amide bonds. The molecule has 27 heavy (non-hydrogen) atoms. The number of alkyl halides is 3. The Hall–Kier alpha value is -2.55. The first kappa shape index (κ1) is 20.8. The molecule has 0 bridgehead atoms. The van der Waals surface area contributed by atoms with Crippen LogP contribution in [0.2, 0.25) is 0 Å². The molecule has 0 saturated carbocycles. The summed E-state index contributed by atoms with van der Waals surface area (Å²) in [5, 5.41) is 2.65. The van der Waals surface area contributed by atoms with Crippen LogP contribution in [0, 0.1) is 6.92 Å². The summed E-state index contributed by atoms with van der Waals surface area (Å²) < 4.78 is 66.4. The quantitative estimate of drug-likeness (QED) is 0.798. The Kier molecular flexibility index (Phi) is 5.84. The average molecular weight is 400 g/mol. The second-order valence-electron chi connectivity index (χ2n) is 6.25. The minimum absolute atomic E-state index is 0.135. The molecule has 0 atom stereocenters. The molecule has 0 fully saturated rings. The van der Waals surface area contributed by atoms with Crippen LogP contribution in [-0.2, 0) is 16.2 Å². The number of amides is 1. The number of carbonyl (C=O) groups excluding carboxylic acids is 1. The highest BCUT2D eigenvalue weighted by atomic mass is 32.2. The van der Waals surface area contributed by atoms with E-state index in [0.29, 0.717) is 5.56 Å². The van der Waals surface area contributed by atoms with E-state index in [0.717, 1.165) is 18.2 Å². The van der Waals surface area contributed by atoms with Gasteiger partial charge in [-0.05, 0) is 50.6 Å². The summed E-state index contributed by atoms with van der Waals surface area (Å²) in [5.41, 5.74) is -1.00. The van der Waals surface area contributed by atoms with Crippen molar-refractivity contribution in [2.75, 3.05) is 4.72 Å². The van der Waals surface area contributed by atoms with Crippen LogP contribution in [-0.4, -0.2) is 20.4 Å². The van der Waals surface area contributed by atoms with Crippen molar-refractivity contribution in [2.45, 2.75) is 37.9 Å². The summed E-state index contributed by atoms with van der Waals surface area (Å²) in [4.78, 5) is 11.9. The zero-order chi connectivity index (χ0) is 20.4. The maximum atomic E-state index is 13.1. The summed E-state index contributed by atoms with van der Waals surface area (Å²) in [5.74, 6) is -0.463. The molecule has 0 unspecified atom stereocenters. The molecule has 0 saturated heterocycles. The molecular formula is C18H19F3N2O3S.